The molecule has 0 aliphatic rings. The highest BCUT2D eigenvalue weighted by Crippen LogP contribution is 2.37. The van der Waals surface area contributed by atoms with Crippen LogP contribution in [0.4, 0.5) is 0 Å². The Balaban J connectivity index is 3.36. The minimum Gasteiger partial charge on any atom is -0.504 e. The van der Waals surface area contributed by atoms with E-state index in [0.29, 0.717) is 5.56 Å². The summed E-state index contributed by atoms with van der Waals surface area (Å²) in [6, 6.07) is 2.74. The molecule has 0 unspecified atom stereocenters. The first-order valence-corrected chi connectivity index (χ1v) is 3.03. The quantitative estimate of drug-likeness (QED) is 0.533. The van der Waals surface area contributed by atoms with Crippen LogP contribution in [0.1, 0.15) is 5.56 Å². The number of rotatable bonds is 1. The molecule has 0 fully saturated rings. The molecule has 0 amide bonds. The summed E-state index contributed by atoms with van der Waals surface area (Å²) in [7, 11) is 0. The molecule has 3 heteroatoms. The standard InChI is InChI=1S/C8H8O3/c1-2-5-3-4-6(9)8(11)7(5)10/h2-4,9-11H,1H2. The topological polar surface area (TPSA) is 60.7 Å². The summed E-state index contributed by atoms with van der Waals surface area (Å²) >= 11 is 0. The van der Waals surface area contributed by atoms with E-state index in [9.17, 15) is 0 Å². The second-order valence-corrected chi connectivity index (χ2v) is 2.08. The molecule has 0 radical (unpaired) electrons. The highest BCUT2D eigenvalue weighted by molar-refractivity contribution is 5.63. The van der Waals surface area contributed by atoms with Gasteiger partial charge in [-0.1, -0.05) is 12.7 Å². The molecule has 3 N–H and O–H groups in total. The van der Waals surface area contributed by atoms with Gasteiger partial charge in [-0.15, -0.1) is 0 Å². The normalized spacial score (nSPS) is 9.45. The first kappa shape index (κ1) is 7.47. The van der Waals surface area contributed by atoms with Crippen LogP contribution in [0.5, 0.6) is 17.2 Å². The van der Waals surface area contributed by atoms with Gasteiger partial charge in [-0.25, -0.2) is 0 Å². The maximum atomic E-state index is 9.10. The Hall–Kier alpha value is -1.64. The second-order valence-electron chi connectivity index (χ2n) is 2.08. The van der Waals surface area contributed by atoms with E-state index in [4.69, 9.17) is 15.3 Å². The van der Waals surface area contributed by atoms with E-state index in [-0.39, 0.29) is 11.5 Å². The van der Waals surface area contributed by atoms with Gasteiger partial charge in [0.15, 0.2) is 11.5 Å². The van der Waals surface area contributed by atoms with Gasteiger partial charge in [0, 0.05) is 5.56 Å². The summed E-state index contributed by atoms with van der Waals surface area (Å²) in [4.78, 5) is 0. The molecule has 0 aliphatic carbocycles. The van der Waals surface area contributed by atoms with E-state index in [0.717, 1.165) is 0 Å². The van der Waals surface area contributed by atoms with Gasteiger partial charge in [0.2, 0.25) is 5.75 Å². The zero-order valence-electron chi connectivity index (χ0n) is 5.78. The maximum Gasteiger partial charge on any atom is 0.200 e. The van der Waals surface area contributed by atoms with Crippen molar-refractivity contribution in [2.75, 3.05) is 0 Å². The minimum atomic E-state index is -0.512. The van der Waals surface area contributed by atoms with Crippen molar-refractivity contribution >= 4 is 6.08 Å². The van der Waals surface area contributed by atoms with E-state index in [1.165, 1.54) is 18.2 Å². The number of phenolic OH excluding ortho intramolecular Hbond substituents is 3. The van der Waals surface area contributed by atoms with Gasteiger partial charge in [-0.05, 0) is 12.1 Å². The fourth-order valence-corrected chi connectivity index (χ4v) is 0.749. The van der Waals surface area contributed by atoms with Crippen LogP contribution in [0.15, 0.2) is 18.7 Å². The first-order valence-electron chi connectivity index (χ1n) is 3.03. The molecule has 1 rings (SSSR count). The molecule has 0 atom stereocenters. The van der Waals surface area contributed by atoms with Gasteiger partial charge in [0.25, 0.3) is 0 Å². The van der Waals surface area contributed by atoms with Gasteiger partial charge in [-0.3, -0.25) is 0 Å². The lowest BCUT2D eigenvalue weighted by atomic mass is 10.2. The van der Waals surface area contributed by atoms with E-state index < -0.39 is 5.75 Å². The zero-order valence-corrected chi connectivity index (χ0v) is 5.78. The molecule has 0 spiro atoms. The van der Waals surface area contributed by atoms with Crippen molar-refractivity contribution in [2.45, 2.75) is 0 Å². The molecule has 0 heterocycles. The summed E-state index contributed by atoms with van der Waals surface area (Å²) in [5.74, 6) is -1.20. The van der Waals surface area contributed by atoms with E-state index in [1.54, 1.807) is 0 Å². The molecule has 0 aliphatic heterocycles. The van der Waals surface area contributed by atoms with E-state index in [2.05, 4.69) is 6.58 Å². The van der Waals surface area contributed by atoms with Crippen LogP contribution in [0.3, 0.4) is 0 Å². The fraction of sp³-hybridized carbons (Fsp3) is 0. The van der Waals surface area contributed by atoms with Crippen molar-refractivity contribution in [3.8, 4) is 17.2 Å². The van der Waals surface area contributed by atoms with Gasteiger partial charge in [0.1, 0.15) is 0 Å². The molecule has 11 heavy (non-hydrogen) atoms. The number of aromatic hydroxyl groups is 3. The Morgan fingerprint density at radius 3 is 2.27 bits per heavy atom. The van der Waals surface area contributed by atoms with Gasteiger partial charge in [0.05, 0.1) is 0 Å². The summed E-state index contributed by atoms with van der Waals surface area (Å²) in [5, 5.41) is 26.9. The summed E-state index contributed by atoms with van der Waals surface area (Å²) in [6.45, 7) is 3.41. The van der Waals surface area contributed by atoms with Gasteiger partial charge < -0.3 is 15.3 Å². The van der Waals surface area contributed by atoms with Crippen LogP contribution in [0.25, 0.3) is 6.08 Å². The van der Waals surface area contributed by atoms with E-state index in [1.807, 2.05) is 0 Å². The van der Waals surface area contributed by atoms with E-state index >= 15 is 0 Å². The fourth-order valence-electron chi connectivity index (χ4n) is 0.749. The van der Waals surface area contributed by atoms with Gasteiger partial charge in [-0.2, -0.15) is 0 Å². The van der Waals surface area contributed by atoms with Crippen molar-refractivity contribution in [3.63, 3.8) is 0 Å². The van der Waals surface area contributed by atoms with Crippen molar-refractivity contribution < 1.29 is 15.3 Å². The number of phenols is 3. The monoisotopic (exact) mass is 152 g/mol. The van der Waals surface area contributed by atoms with Crippen LogP contribution in [0, 0.1) is 0 Å². The second kappa shape index (κ2) is 2.54. The van der Waals surface area contributed by atoms with Crippen molar-refractivity contribution in [1.29, 1.82) is 0 Å². The number of hydrogen-bond acceptors (Lipinski definition) is 3. The van der Waals surface area contributed by atoms with Crippen molar-refractivity contribution in [2.24, 2.45) is 0 Å². The lowest BCUT2D eigenvalue weighted by Crippen LogP contribution is -1.75. The van der Waals surface area contributed by atoms with Gasteiger partial charge >= 0.3 is 0 Å². The minimum absolute atomic E-state index is 0.340. The average molecular weight is 152 g/mol. The molecule has 1 aromatic carbocycles. The Kier molecular flexibility index (Phi) is 1.72. The summed E-state index contributed by atoms with van der Waals surface area (Å²) in [6.07, 6.45) is 1.38. The van der Waals surface area contributed by atoms with Crippen LogP contribution < -0.4 is 0 Å². The Labute approximate surface area is 63.9 Å². The summed E-state index contributed by atoms with van der Waals surface area (Å²) < 4.78 is 0. The smallest absolute Gasteiger partial charge is 0.200 e. The van der Waals surface area contributed by atoms with Crippen LogP contribution >= 0.6 is 0 Å². The lowest BCUT2D eigenvalue weighted by Gasteiger charge is -2.02. The Morgan fingerprint density at radius 1 is 1.09 bits per heavy atom. The van der Waals surface area contributed by atoms with Crippen molar-refractivity contribution in [3.05, 3.63) is 24.3 Å². The lowest BCUT2D eigenvalue weighted by molar-refractivity contribution is 0.367. The summed E-state index contributed by atoms with van der Waals surface area (Å²) in [5.41, 5.74) is 0.389. The van der Waals surface area contributed by atoms with Crippen LogP contribution in [-0.4, -0.2) is 15.3 Å². The molecule has 0 aromatic heterocycles. The predicted molar refractivity (Wildman–Crippen MR) is 41.5 cm³/mol. The third-order valence-electron chi connectivity index (χ3n) is 1.38. The predicted octanol–water partition coefficient (Wildman–Crippen LogP) is 1.45. The molecule has 0 bridgehead atoms. The molecule has 0 saturated carbocycles. The molecular formula is C8H8O3. The first-order chi connectivity index (χ1) is 5.16. The largest absolute Gasteiger partial charge is 0.504 e. The Bertz CT molecular complexity index is 292. The molecule has 1 aromatic rings. The molecule has 0 saturated heterocycles. The van der Waals surface area contributed by atoms with Crippen LogP contribution in [0.2, 0.25) is 0 Å². The Morgan fingerprint density at radius 2 is 1.73 bits per heavy atom. The maximum absolute atomic E-state index is 9.10. The highest BCUT2D eigenvalue weighted by Gasteiger charge is 2.07. The van der Waals surface area contributed by atoms with Crippen molar-refractivity contribution in [1.82, 2.24) is 0 Å². The number of benzene rings is 1. The third kappa shape index (κ3) is 1.12. The third-order valence-corrected chi connectivity index (χ3v) is 1.38. The SMILES string of the molecule is C=Cc1ccc(O)c(O)c1O. The molecule has 58 valence electrons. The van der Waals surface area contributed by atoms with Crippen LogP contribution in [-0.2, 0) is 0 Å². The molecule has 3 nitrogen and oxygen atoms in total. The number of hydrogen-bond donors (Lipinski definition) is 3. The average Bonchev–Trinajstić information content (AvgIpc) is 2.01. The molecular weight excluding hydrogens is 144 g/mol. The zero-order chi connectivity index (χ0) is 8.43. The highest BCUT2D eigenvalue weighted by atomic mass is 16.3.